The van der Waals surface area contributed by atoms with Gasteiger partial charge in [-0.15, -0.1) is 0 Å². The number of carbonyl (C=O) groups is 2. The number of phenolic OH excluding ortho intramolecular Hbond substituents is 1. The summed E-state index contributed by atoms with van der Waals surface area (Å²) in [5.41, 5.74) is 0.912. The quantitative estimate of drug-likeness (QED) is 0.275. The zero-order valence-corrected chi connectivity index (χ0v) is 19.5. The Morgan fingerprint density at radius 2 is 1.89 bits per heavy atom. The third-order valence-electron chi connectivity index (χ3n) is 5.88. The number of imidazole rings is 1. The monoisotopic (exact) mass is 477 g/mol. The highest BCUT2D eigenvalue weighted by Crippen LogP contribution is 2.42. The van der Waals surface area contributed by atoms with Gasteiger partial charge in [0, 0.05) is 31.0 Å². The lowest BCUT2D eigenvalue weighted by Crippen LogP contribution is -2.31. The fraction of sp³-hybridized carbons (Fsp3) is 0.269. The van der Waals surface area contributed by atoms with Gasteiger partial charge in [0.25, 0.3) is 11.7 Å². The van der Waals surface area contributed by atoms with Gasteiger partial charge in [-0.1, -0.05) is 6.07 Å². The van der Waals surface area contributed by atoms with Crippen molar-refractivity contribution in [1.29, 1.82) is 0 Å². The number of aryl methyl sites for hydroxylation is 1. The fourth-order valence-corrected chi connectivity index (χ4v) is 4.18. The molecule has 9 nitrogen and oxygen atoms in total. The number of benzene rings is 2. The van der Waals surface area contributed by atoms with E-state index in [9.17, 15) is 19.8 Å². The van der Waals surface area contributed by atoms with Crippen LogP contribution in [0.3, 0.4) is 0 Å². The number of ketones is 1. The van der Waals surface area contributed by atoms with Crippen LogP contribution in [0.2, 0.25) is 0 Å². The molecule has 0 spiro atoms. The third-order valence-corrected chi connectivity index (χ3v) is 5.88. The standard InChI is InChI=1S/C26H27N3O6/c1-3-35-21-15-18(7-10-20(21)30)23-22(24(31)17-5-8-19(34-2)9-6-17)25(32)26(33)29(23)13-4-12-28-14-11-27-16-28/h5-11,14-16,23,30-31H,3-4,12-13H2,1-2H3. The van der Waals surface area contributed by atoms with Crippen molar-refractivity contribution in [3.63, 3.8) is 0 Å². The molecule has 0 saturated carbocycles. The number of aliphatic hydroxyl groups excluding tert-OH is 1. The summed E-state index contributed by atoms with van der Waals surface area (Å²) in [7, 11) is 1.53. The van der Waals surface area contributed by atoms with Crippen molar-refractivity contribution in [3.8, 4) is 17.2 Å². The van der Waals surface area contributed by atoms with E-state index in [4.69, 9.17) is 9.47 Å². The zero-order valence-electron chi connectivity index (χ0n) is 19.5. The molecule has 2 aromatic carbocycles. The minimum Gasteiger partial charge on any atom is -0.507 e. The van der Waals surface area contributed by atoms with Crippen LogP contribution in [0.4, 0.5) is 0 Å². The van der Waals surface area contributed by atoms with E-state index < -0.39 is 17.7 Å². The van der Waals surface area contributed by atoms with E-state index >= 15 is 0 Å². The Kier molecular flexibility index (Phi) is 7.05. The van der Waals surface area contributed by atoms with Crippen molar-refractivity contribution in [2.45, 2.75) is 25.9 Å². The SMILES string of the molecule is CCOc1cc(C2C(=C(O)c3ccc(OC)cc3)C(=O)C(=O)N2CCCn2ccnc2)ccc1O. The second-order valence-electron chi connectivity index (χ2n) is 8.04. The van der Waals surface area contributed by atoms with Gasteiger partial charge in [-0.3, -0.25) is 9.59 Å². The number of aromatic nitrogens is 2. The molecule has 3 aromatic rings. The molecule has 0 bridgehead atoms. The first-order valence-electron chi connectivity index (χ1n) is 11.3. The van der Waals surface area contributed by atoms with E-state index in [1.165, 1.54) is 18.1 Å². The maximum Gasteiger partial charge on any atom is 0.295 e. The summed E-state index contributed by atoms with van der Waals surface area (Å²) in [6, 6.07) is 10.4. The molecule has 1 aromatic heterocycles. The van der Waals surface area contributed by atoms with Gasteiger partial charge in [-0.25, -0.2) is 4.98 Å². The lowest BCUT2D eigenvalue weighted by molar-refractivity contribution is -0.139. The average molecular weight is 478 g/mol. The Labute approximate surface area is 202 Å². The predicted molar refractivity (Wildman–Crippen MR) is 128 cm³/mol. The Morgan fingerprint density at radius 1 is 1.11 bits per heavy atom. The lowest BCUT2D eigenvalue weighted by Gasteiger charge is -2.26. The van der Waals surface area contributed by atoms with Crippen LogP contribution in [-0.4, -0.2) is 56.6 Å². The first-order chi connectivity index (χ1) is 16.9. The van der Waals surface area contributed by atoms with Gasteiger partial charge in [0.05, 0.1) is 31.7 Å². The molecule has 1 unspecified atom stereocenters. The van der Waals surface area contributed by atoms with Crippen LogP contribution in [0.25, 0.3) is 5.76 Å². The first kappa shape index (κ1) is 23.9. The molecule has 1 fully saturated rings. The molecule has 1 saturated heterocycles. The predicted octanol–water partition coefficient (Wildman–Crippen LogP) is 3.51. The number of rotatable bonds is 9. The number of ether oxygens (including phenoxy) is 2. The summed E-state index contributed by atoms with van der Waals surface area (Å²) in [4.78, 5) is 31.8. The minimum absolute atomic E-state index is 0.0177. The van der Waals surface area contributed by atoms with Crippen LogP contribution in [0, 0.1) is 0 Å². The van der Waals surface area contributed by atoms with Gasteiger partial charge in [0.2, 0.25) is 0 Å². The topological polar surface area (TPSA) is 114 Å². The second-order valence-corrected chi connectivity index (χ2v) is 8.04. The summed E-state index contributed by atoms with van der Waals surface area (Å²) >= 11 is 0. The number of nitrogens with zero attached hydrogens (tertiary/aromatic N) is 3. The number of likely N-dealkylation sites (tertiary alicyclic amines) is 1. The minimum atomic E-state index is -0.848. The highest BCUT2D eigenvalue weighted by atomic mass is 16.5. The summed E-state index contributed by atoms with van der Waals surface area (Å²) in [5.74, 6) is -0.961. The summed E-state index contributed by atoms with van der Waals surface area (Å²) in [6.45, 7) is 3.00. The van der Waals surface area contributed by atoms with Crippen molar-refractivity contribution in [3.05, 3.63) is 77.9 Å². The summed E-state index contributed by atoms with van der Waals surface area (Å²) < 4.78 is 12.6. The smallest absolute Gasteiger partial charge is 0.295 e. The molecule has 2 N–H and O–H groups in total. The third kappa shape index (κ3) is 4.84. The number of hydrogen-bond acceptors (Lipinski definition) is 7. The molecule has 1 atom stereocenters. The molecular weight excluding hydrogens is 450 g/mol. The zero-order chi connectivity index (χ0) is 24.9. The van der Waals surface area contributed by atoms with Gasteiger partial charge in [0.15, 0.2) is 11.5 Å². The molecule has 182 valence electrons. The van der Waals surface area contributed by atoms with Gasteiger partial charge < -0.3 is 29.2 Å². The lowest BCUT2D eigenvalue weighted by atomic mass is 9.95. The van der Waals surface area contributed by atoms with Crippen molar-refractivity contribution in [2.24, 2.45) is 0 Å². The van der Waals surface area contributed by atoms with Gasteiger partial charge >= 0.3 is 0 Å². The maximum atomic E-state index is 13.2. The number of amides is 1. The largest absolute Gasteiger partial charge is 0.507 e. The number of aliphatic hydroxyl groups is 1. The van der Waals surface area contributed by atoms with Gasteiger partial charge in [-0.2, -0.15) is 0 Å². The maximum absolute atomic E-state index is 13.2. The average Bonchev–Trinajstić information content (AvgIpc) is 3.47. The molecule has 1 amide bonds. The van der Waals surface area contributed by atoms with Crippen LogP contribution in [-0.2, 0) is 16.1 Å². The van der Waals surface area contributed by atoms with E-state index in [-0.39, 0.29) is 29.4 Å². The Hall–Kier alpha value is -4.27. The number of carbonyl (C=O) groups excluding carboxylic acids is 2. The Morgan fingerprint density at radius 3 is 2.54 bits per heavy atom. The summed E-state index contributed by atoms with van der Waals surface area (Å²) in [5, 5.41) is 21.3. The van der Waals surface area contributed by atoms with E-state index in [1.807, 2.05) is 10.8 Å². The molecule has 0 aliphatic carbocycles. The van der Waals surface area contributed by atoms with Gasteiger partial charge in [-0.05, 0) is 55.3 Å². The van der Waals surface area contributed by atoms with Crippen LogP contribution >= 0.6 is 0 Å². The van der Waals surface area contributed by atoms with Crippen LogP contribution in [0.1, 0.15) is 30.5 Å². The van der Waals surface area contributed by atoms with Crippen molar-refractivity contribution in [1.82, 2.24) is 14.5 Å². The van der Waals surface area contributed by atoms with E-state index in [2.05, 4.69) is 4.98 Å². The van der Waals surface area contributed by atoms with Crippen molar-refractivity contribution < 1.29 is 29.3 Å². The Balaban J connectivity index is 1.76. The molecule has 2 heterocycles. The van der Waals surface area contributed by atoms with E-state index in [1.54, 1.807) is 55.8 Å². The van der Waals surface area contributed by atoms with Crippen molar-refractivity contribution >= 4 is 17.4 Å². The normalized spacial score (nSPS) is 17.1. The second kappa shape index (κ2) is 10.3. The molecule has 1 aliphatic rings. The number of methoxy groups -OCH3 is 1. The van der Waals surface area contributed by atoms with Crippen LogP contribution < -0.4 is 9.47 Å². The molecule has 9 heteroatoms. The Bertz CT molecular complexity index is 1230. The number of Topliss-reactive ketones (excluding diaryl/α,β-unsaturated/α-hetero) is 1. The molecule has 35 heavy (non-hydrogen) atoms. The van der Waals surface area contributed by atoms with E-state index in [0.717, 1.165) is 0 Å². The van der Waals surface area contributed by atoms with Gasteiger partial charge in [0.1, 0.15) is 11.5 Å². The summed E-state index contributed by atoms with van der Waals surface area (Å²) in [6.07, 6.45) is 5.75. The van der Waals surface area contributed by atoms with Crippen LogP contribution in [0.15, 0.2) is 66.8 Å². The number of aromatic hydroxyl groups is 1. The fourth-order valence-electron chi connectivity index (χ4n) is 4.18. The molecular formula is C26H27N3O6. The number of phenols is 1. The first-order valence-corrected chi connectivity index (χ1v) is 11.3. The number of hydrogen-bond donors (Lipinski definition) is 2. The van der Waals surface area contributed by atoms with Crippen molar-refractivity contribution in [2.75, 3.05) is 20.3 Å². The highest BCUT2D eigenvalue weighted by Gasteiger charge is 2.46. The molecule has 1 aliphatic heterocycles. The van der Waals surface area contributed by atoms with E-state index in [0.29, 0.717) is 36.4 Å². The highest BCUT2D eigenvalue weighted by molar-refractivity contribution is 6.46. The molecule has 0 radical (unpaired) electrons. The molecule has 4 rings (SSSR count). The van der Waals surface area contributed by atoms with Crippen LogP contribution in [0.5, 0.6) is 17.2 Å².